The fraction of sp³-hybridized carbons (Fsp3) is 0.172. The van der Waals surface area contributed by atoms with Crippen molar-refractivity contribution in [2.24, 2.45) is 0 Å². The summed E-state index contributed by atoms with van der Waals surface area (Å²) in [6.45, 7) is 0. The minimum atomic E-state index is -0.223. The van der Waals surface area contributed by atoms with Crippen LogP contribution in [0.5, 0.6) is 0 Å². The molecule has 0 nitrogen and oxygen atoms in total. The Morgan fingerprint density at radius 3 is 2.58 bits per heavy atom. The first-order valence-corrected chi connectivity index (χ1v) is 12.7. The van der Waals surface area contributed by atoms with Gasteiger partial charge in [-0.25, -0.2) is 0 Å². The van der Waals surface area contributed by atoms with Gasteiger partial charge in [-0.3, -0.25) is 0 Å². The van der Waals surface area contributed by atoms with Gasteiger partial charge in [0, 0.05) is 14.3 Å². The molecule has 2 heteroatoms. The van der Waals surface area contributed by atoms with Crippen LogP contribution in [0.4, 0.5) is 0 Å². The van der Waals surface area contributed by atoms with Gasteiger partial charge >= 0.3 is 0 Å². The summed E-state index contributed by atoms with van der Waals surface area (Å²) in [6, 6.07) is 21.0. The molecule has 0 bridgehead atoms. The van der Waals surface area contributed by atoms with Crippen LogP contribution < -0.4 is 0 Å². The van der Waals surface area contributed by atoms with Crippen LogP contribution in [0.2, 0.25) is 0 Å². The molecule has 0 N–H and O–H groups in total. The van der Waals surface area contributed by atoms with E-state index >= 15 is 0 Å². The van der Waals surface area contributed by atoms with Gasteiger partial charge < -0.3 is 0 Å². The lowest BCUT2D eigenvalue weighted by Crippen LogP contribution is -2.33. The maximum Gasteiger partial charge on any atom is 0.0732 e. The Kier molecular flexibility index (Phi) is 3.90. The number of halogens is 1. The average molecular weight is 481 g/mol. The van der Waals surface area contributed by atoms with Gasteiger partial charge in [0.15, 0.2) is 0 Å². The molecule has 0 radical (unpaired) electrons. The summed E-state index contributed by atoms with van der Waals surface area (Å²) in [5.41, 5.74) is 11.6. The van der Waals surface area contributed by atoms with E-state index in [1.165, 1.54) is 48.7 Å². The third-order valence-corrected chi connectivity index (χ3v) is 8.96. The fourth-order valence-electron chi connectivity index (χ4n) is 6.08. The molecule has 0 amide bonds. The van der Waals surface area contributed by atoms with Crippen molar-refractivity contribution >= 4 is 39.3 Å². The largest absolute Gasteiger partial charge is 0.0894 e. The molecule has 3 aliphatic carbocycles. The lowest BCUT2D eigenvalue weighted by atomic mass is 9.65. The van der Waals surface area contributed by atoms with E-state index in [0.29, 0.717) is 0 Å². The maximum atomic E-state index is 3.80. The molecular formula is C29H21BrS. The zero-order chi connectivity index (χ0) is 20.6. The summed E-state index contributed by atoms with van der Waals surface area (Å²) < 4.78 is 1.15. The molecular weight excluding hydrogens is 460 g/mol. The normalized spacial score (nSPS) is 22.1. The Balaban J connectivity index is 1.67. The van der Waals surface area contributed by atoms with Gasteiger partial charge in [0.25, 0.3) is 0 Å². The van der Waals surface area contributed by atoms with Gasteiger partial charge in [0.2, 0.25) is 0 Å². The predicted molar refractivity (Wildman–Crippen MR) is 134 cm³/mol. The number of aryl methyl sites for hydroxylation is 1. The van der Waals surface area contributed by atoms with Gasteiger partial charge in [-0.1, -0.05) is 76.3 Å². The summed E-state index contributed by atoms with van der Waals surface area (Å²) in [7, 11) is 0. The number of hydrogen-bond donors (Lipinski definition) is 0. The fourth-order valence-corrected chi connectivity index (χ4v) is 7.61. The second-order valence-corrected chi connectivity index (χ2v) is 10.9. The highest BCUT2D eigenvalue weighted by Crippen LogP contribution is 2.63. The number of rotatable bonds is 0. The van der Waals surface area contributed by atoms with Crippen LogP contribution in [0.25, 0.3) is 11.6 Å². The van der Waals surface area contributed by atoms with Crippen molar-refractivity contribution in [2.75, 3.05) is 0 Å². The van der Waals surface area contributed by atoms with Crippen LogP contribution in [0, 0.1) is 0 Å². The number of allylic oxidation sites excluding steroid dienone is 5. The van der Waals surface area contributed by atoms with Crippen molar-refractivity contribution in [1.29, 1.82) is 0 Å². The van der Waals surface area contributed by atoms with Crippen molar-refractivity contribution in [1.82, 2.24) is 0 Å². The summed E-state index contributed by atoms with van der Waals surface area (Å²) in [6.07, 6.45) is 14.0. The zero-order valence-corrected chi connectivity index (χ0v) is 19.5. The monoisotopic (exact) mass is 480 g/mol. The second kappa shape index (κ2) is 6.60. The van der Waals surface area contributed by atoms with E-state index in [2.05, 4.69) is 94.8 Å². The van der Waals surface area contributed by atoms with E-state index in [9.17, 15) is 0 Å². The van der Waals surface area contributed by atoms with Gasteiger partial charge in [0.1, 0.15) is 0 Å². The Morgan fingerprint density at radius 2 is 1.61 bits per heavy atom. The van der Waals surface area contributed by atoms with Gasteiger partial charge in [-0.05, 0) is 101 Å². The van der Waals surface area contributed by atoms with Gasteiger partial charge in [-0.2, -0.15) is 0 Å². The first-order valence-electron chi connectivity index (χ1n) is 11.1. The summed E-state index contributed by atoms with van der Waals surface area (Å²) in [4.78, 5) is 2.76. The van der Waals surface area contributed by atoms with Crippen LogP contribution in [-0.2, 0) is 11.8 Å². The minimum absolute atomic E-state index is 0.223. The molecule has 0 saturated heterocycles. The van der Waals surface area contributed by atoms with Crippen LogP contribution in [0.15, 0.2) is 92.7 Å². The maximum absolute atomic E-state index is 3.80. The van der Waals surface area contributed by atoms with E-state index < -0.39 is 0 Å². The molecule has 1 aliphatic heterocycles. The molecule has 1 unspecified atom stereocenters. The van der Waals surface area contributed by atoms with Crippen LogP contribution >= 0.6 is 27.7 Å². The second-order valence-electron chi connectivity index (χ2n) is 8.86. The Morgan fingerprint density at radius 1 is 0.774 bits per heavy atom. The molecule has 31 heavy (non-hydrogen) atoms. The van der Waals surface area contributed by atoms with Gasteiger partial charge in [0.05, 0.1) is 5.41 Å². The highest BCUT2D eigenvalue weighted by Gasteiger charge is 2.51. The highest BCUT2D eigenvalue weighted by molar-refractivity contribution is 9.10. The molecule has 150 valence electrons. The van der Waals surface area contributed by atoms with E-state index in [1.807, 2.05) is 11.8 Å². The molecule has 1 atom stereocenters. The first-order chi connectivity index (χ1) is 15.3. The van der Waals surface area contributed by atoms with Crippen molar-refractivity contribution in [2.45, 2.75) is 40.9 Å². The lowest BCUT2D eigenvalue weighted by molar-refractivity contribution is 0.710. The zero-order valence-electron chi connectivity index (χ0n) is 17.1. The van der Waals surface area contributed by atoms with Crippen molar-refractivity contribution in [3.63, 3.8) is 0 Å². The van der Waals surface area contributed by atoms with Crippen LogP contribution in [0.1, 0.15) is 52.6 Å². The van der Waals surface area contributed by atoms with Crippen molar-refractivity contribution < 1.29 is 0 Å². The quantitative estimate of drug-likeness (QED) is 0.311. The van der Waals surface area contributed by atoms with Crippen molar-refractivity contribution in [3.8, 4) is 0 Å². The summed E-state index contributed by atoms with van der Waals surface area (Å²) in [5.74, 6) is 0. The topological polar surface area (TPSA) is 0 Å². The molecule has 0 fully saturated rings. The Bertz CT molecular complexity index is 1370. The first kappa shape index (κ1) is 18.3. The smallest absolute Gasteiger partial charge is 0.0732 e. The van der Waals surface area contributed by atoms with E-state index in [4.69, 9.17) is 0 Å². The Hall–Kier alpha value is -2.29. The highest BCUT2D eigenvalue weighted by atomic mass is 79.9. The number of benzene rings is 3. The molecule has 1 spiro atoms. The minimum Gasteiger partial charge on any atom is -0.0894 e. The lowest BCUT2D eigenvalue weighted by Gasteiger charge is -2.41. The van der Waals surface area contributed by atoms with Crippen LogP contribution in [0.3, 0.4) is 0 Å². The molecule has 7 rings (SSSR count). The molecule has 3 aromatic carbocycles. The predicted octanol–water partition coefficient (Wildman–Crippen LogP) is 8.32. The third kappa shape index (κ3) is 2.38. The average Bonchev–Trinajstić information content (AvgIpc) is 3.09. The SMILES string of the molecule is Brc1ccc2c(c1)C1(C3=C(CCC=C3)c3cc4c(cc31)CCC=C4)c1ccccc1S2. The summed E-state index contributed by atoms with van der Waals surface area (Å²) in [5, 5.41) is 0. The van der Waals surface area contributed by atoms with Gasteiger partial charge in [-0.15, -0.1) is 0 Å². The molecule has 0 saturated carbocycles. The standard InChI is InChI=1S/C29H21BrS/c30-20-13-14-28-26(17-20)29(24-11-5-6-12-27(24)31-28)23-10-4-3-9-21(23)22-15-18-7-1-2-8-19(18)16-25(22)29/h1,4-7,10-17H,2-3,8-9H2. The molecule has 3 aromatic rings. The van der Waals surface area contributed by atoms with Crippen LogP contribution in [-0.4, -0.2) is 0 Å². The molecule has 0 aromatic heterocycles. The van der Waals surface area contributed by atoms with E-state index in [1.54, 1.807) is 5.57 Å². The number of hydrogen-bond acceptors (Lipinski definition) is 1. The summed E-state index contributed by atoms with van der Waals surface area (Å²) >= 11 is 5.71. The Labute approximate surface area is 195 Å². The number of fused-ring (bicyclic) bond motifs is 9. The van der Waals surface area contributed by atoms with E-state index in [0.717, 1.165) is 30.2 Å². The van der Waals surface area contributed by atoms with Crippen molar-refractivity contribution in [3.05, 3.63) is 116 Å². The van der Waals surface area contributed by atoms with E-state index in [-0.39, 0.29) is 5.41 Å². The molecule has 4 aliphatic rings. The molecule has 1 heterocycles. The third-order valence-electron chi connectivity index (χ3n) is 7.32.